The van der Waals surface area contributed by atoms with E-state index in [1.165, 1.54) is 41.3 Å². The minimum absolute atomic E-state index is 0.00801. The molecular weight excluding hydrogens is 636 g/mol. The van der Waals surface area contributed by atoms with E-state index in [4.69, 9.17) is 9.47 Å². The van der Waals surface area contributed by atoms with Crippen LogP contribution in [-0.2, 0) is 20.9 Å². The number of carbonyl (C=O) groups excluding carboxylic acids is 3. The molecule has 3 aromatic rings. The molecule has 1 aliphatic carbocycles. The largest absolute Gasteiger partial charge is 0.457 e. The molecule has 200 valence electrons. The Morgan fingerprint density at radius 1 is 0.897 bits per heavy atom. The summed E-state index contributed by atoms with van der Waals surface area (Å²) in [5, 5.41) is 10.8. The molecule has 9 nitrogen and oxygen atoms in total. The molecule has 0 radical (unpaired) electrons. The Morgan fingerprint density at radius 3 is 2.10 bits per heavy atom. The molecule has 2 amide bonds. The summed E-state index contributed by atoms with van der Waals surface area (Å²) in [6, 6.07) is 18.9. The van der Waals surface area contributed by atoms with Gasteiger partial charge in [-0.2, -0.15) is 0 Å². The number of rotatable bonds is 7. The first-order chi connectivity index (χ1) is 18.7. The number of esters is 1. The van der Waals surface area contributed by atoms with Crippen molar-refractivity contribution >= 4 is 61.0 Å². The van der Waals surface area contributed by atoms with E-state index >= 15 is 0 Å². The van der Waals surface area contributed by atoms with Gasteiger partial charge in [0, 0.05) is 21.8 Å². The van der Waals surface area contributed by atoms with Crippen LogP contribution in [0.3, 0.4) is 0 Å². The van der Waals surface area contributed by atoms with Crippen molar-refractivity contribution in [3.63, 3.8) is 0 Å². The zero-order chi connectivity index (χ0) is 27.7. The van der Waals surface area contributed by atoms with Gasteiger partial charge in [-0.25, -0.2) is 4.79 Å². The number of nitro groups is 1. The van der Waals surface area contributed by atoms with Gasteiger partial charge in [0.05, 0.1) is 28.0 Å². The van der Waals surface area contributed by atoms with Crippen molar-refractivity contribution in [2.24, 2.45) is 11.8 Å². The first-order valence-electron chi connectivity index (χ1n) is 12.2. The Bertz CT molecular complexity index is 1400. The summed E-state index contributed by atoms with van der Waals surface area (Å²) in [6.07, 6.45) is 1.18. The number of anilines is 1. The molecule has 3 aromatic carbocycles. The zero-order valence-corrected chi connectivity index (χ0v) is 23.5. The monoisotopic (exact) mass is 656 g/mol. The van der Waals surface area contributed by atoms with Crippen LogP contribution in [0.5, 0.6) is 11.5 Å². The standard InChI is InChI=1S/C28H22Br2N2O7/c29-24-13-22-23(14-25(24)30)27(34)31(26(22)33)18-6-4-17(5-7-18)28(35)38-15-16-2-1-3-21(12-16)39-20-10-8-19(9-11-20)32(36)37/h1-12,22-25H,13-15H2/t22-,23-,24-,25+/m1/s1. The first kappa shape index (κ1) is 27.0. The maximum Gasteiger partial charge on any atom is 0.338 e. The van der Waals surface area contributed by atoms with Crippen LogP contribution in [-0.4, -0.2) is 32.4 Å². The molecule has 5 rings (SSSR count). The number of amides is 2. The van der Waals surface area contributed by atoms with E-state index in [-0.39, 0.29) is 51.2 Å². The summed E-state index contributed by atoms with van der Waals surface area (Å²) < 4.78 is 11.2. The van der Waals surface area contributed by atoms with Gasteiger partial charge in [0.2, 0.25) is 11.8 Å². The number of non-ortho nitro benzene ring substituents is 1. The molecule has 0 unspecified atom stereocenters. The quantitative estimate of drug-likeness (QED) is 0.0981. The third-order valence-corrected chi connectivity index (χ3v) is 9.56. The fourth-order valence-corrected chi connectivity index (χ4v) is 6.04. The lowest BCUT2D eigenvalue weighted by Crippen LogP contribution is -2.34. The van der Waals surface area contributed by atoms with Crippen molar-refractivity contribution in [3.05, 3.63) is 94.0 Å². The van der Waals surface area contributed by atoms with Gasteiger partial charge in [-0.3, -0.25) is 24.6 Å². The van der Waals surface area contributed by atoms with Gasteiger partial charge in [0.1, 0.15) is 18.1 Å². The van der Waals surface area contributed by atoms with Crippen molar-refractivity contribution in [1.29, 1.82) is 0 Å². The van der Waals surface area contributed by atoms with E-state index in [1.807, 2.05) is 0 Å². The van der Waals surface area contributed by atoms with Gasteiger partial charge in [-0.15, -0.1) is 0 Å². The number of carbonyl (C=O) groups is 3. The minimum atomic E-state index is -0.555. The molecule has 11 heteroatoms. The Kier molecular flexibility index (Phi) is 7.81. The maximum atomic E-state index is 13.0. The van der Waals surface area contributed by atoms with Gasteiger partial charge in [0.15, 0.2) is 0 Å². The second kappa shape index (κ2) is 11.3. The summed E-state index contributed by atoms with van der Waals surface area (Å²) in [5.41, 5.74) is 1.37. The Hall–Kier alpha value is -3.57. The molecule has 1 heterocycles. The predicted octanol–water partition coefficient (Wildman–Crippen LogP) is 6.17. The number of nitrogens with zero attached hydrogens (tertiary/aromatic N) is 2. The third kappa shape index (κ3) is 5.74. The van der Waals surface area contributed by atoms with Crippen LogP contribution >= 0.6 is 31.9 Å². The van der Waals surface area contributed by atoms with Crippen molar-refractivity contribution in [1.82, 2.24) is 0 Å². The van der Waals surface area contributed by atoms with Crippen LogP contribution in [0.2, 0.25) is 0 Å². The zero-order valence-electron chi connectivity index (χ0n) is 20.4. The van der Waals surface area contributed by atoms with Crippen LogP contribution in [0.15, 0.2) is 72.8 Å². The van der Waals surface area contributed by atoms with E-state index in [9.17, 15) is 24.5 Å². The molecule has 2 fully saturated rings. The molecule has 2 aliphatic rings. The van der Waals surface area contributed by atoms with E-state index in [2.05, 4.69) is 31.9 Å². The highest BCUT2D eigenvalue weighted by Gasteiger charge is 2.52. The molecular formula is C28H22Br2N2O7. The Labute approximate surface area is 240 Å². The number of halogens is 2. The molecule has 0 N–H and O–H groups in total. The van der Waals surface area contributed by atoms with Crippen LogP contribution < -0.4 is 9.64 Å². The molecule has 4 atom stereocenters. The van der Waals surface area contributed by atoms with Crippen molar-refractivity contribution in [2.75, 3.05) is 4.90 Å². The number of nitro benzene ring substituents is 1. The van der Waals surface area contributed by atoms with Crippen LogP contribution in [0.25, 0.3) is 0 Å². The fraction of sp³-hybridized carbons (Fsp3) is 0.250. The number of imide groups is 1. The SMILES string of the molecule is O=C(OCc1cccc(Oc2ccc([N+](=O)[O-])cc2)c1)c1ccc(N2C(=O)[C@@H]3C[C@@H](Br)[C@@H](Br)C[C@H]3C2=O)cc1. The second-order valence-electron chi connectivity index (χ2n) is 9.35. The summed E-state index contributed by atoms with van der Waals surface area (Å²) in [5.74, 6) is -0.746. The Morgan fingerprint density at radius 2 is 1.51 bits per heavy atom. The lowest BCUT2D eigenvalue weighted by molar-refractivity contribution is -0.384. The topological polar surface area (TPSA) is 116 Å². The number of alkyl halides is 2. The summed E-state index contributed by atoms with van der Waals surface area (Å²) >= 11 is 7.18. The lowest BCUT2D eigenvalue weighted by atomic mass is 9.81. The average molecular weight is 658 g/mol. The Balaban J connectivity index is 1.20. The second-order valence-corrected chi connectivity index (χ2v) is 11.7. The molecule has 0 bridgehead atoms. The van der Waals surface area contributed by atoms with E-state index < -0.39 is 10.9 Å². The van der Waals surface area contributed by atoms with E-state index in [0.29, 0.717) is 35.6 Å². The van der Waals surface area contributed by atoms with Crippen LogP contribution in [0, 0.1) is 22.0 Å². The average Bonchev–Trinajstić information content (AvgIpc) is 3.16. The molecule has 0 aromatic heterocycles. The van der Waals surface area contributed by atoms with E-state index in [1.54, 1.807) is 36.4 Å². The molecule has 1 aliphatic heterocycles. The van der Waals surface area contributed by atoms with Crippen LogP contribution in [0.4, 0.5) is 11.4 Å². The summed E-state index contributed by atoms with van der Waals surface area (Å²) in [6.45, 7) is -0.00801. The number of fused-ring (bicyclic) bond motifs is 1. The highest BCUT2D eigenvalue weighted by Crippen LogP contribution is 2.44. The van der Waals surface area contributed by atoms with Crippen LogP contribution in [0.1, 0.15) is 28.8 Å². The smallest absolute Gasteiger partial charge is 0.338 e. The van der Waals surface area contributed by atoms with Gasteiger partial charge in [0.25, 0.3) is 5.69 Å². The lowest BCUT2D eigenvalue weighted by Gasteiger charge is -2.29. The molecule has 1 saturated carbocycles. The number of hydrogen-bond acceptors (Lipinski definition) is 7. The van der Waals surface area contributed by atoms with Gasteiger partial charge in [-0.05, 0) is 66.9 Å². The highest BCUT2D eigenvalue weighted by atomic mass is 79.9. The summed E-state index contributed by atoms with van der Waals surface area (Å²) in [7, 11) is 0. The number of ether oxygens (including phenoxy) is 2. The predicted molar refractivity (Wildman–Crippen MR) is 149 cm³/mol. The van der Waals surface area contributed by atoms with E-state index in [0.717, 1.165) is 0 Å². The molecule has 0 spiro atoms. The number of hydrogen-bond donors (Lipinski definition) is 0. The minimum Gasteiger partial charge on any atom is -0.457 e. The van der Waals surface area contributed by atoms with Gasteiger partial charge >= 0.3 is 5.97 Å². The normalized spacial score (nSPS) is 22.4. The first-order valence-corrected chi connectivity index (χ1v) is 14.0. The van der Waals surface area contributed by atoms with Crippen molar-refractivity contribution in [2.45, 2.75) is 29.1 Å². The van der Waals surface area contributed by atoms with Crippen molar-refractivity contribution in [3.8, 4) is 11.5 Å². The van der Waals surface area contributed by atoms with Crippen molar-refractivity contribution < 1.29 is 28.8 Å². The fourth-order valence-electron chi connectivity index (χ4n) is 4.80. The van der Waals surface area contributed by atoms with Gasteiger partial charge in [-0.1, -0.05) is 44.0 Å². The molecule has 39 heavy (non-hydrogen) atoms. The number of benzene rings is 3. The summed E-state index contributed by atoms with van der Waals surface area (Å²) in [4.78, 5) is 50.5. The highest BCUT2D eigenvalue weighted by molar-refractivity contribution is 9.12. The van der Waals surface area contributed by atoms with Gasteiger partial charge < -0.3 is 9.47 Å². The molecule has 1 saturated heterocycles. The third-order valence-electron chi connectivity index (χ3n) is 6.82. The maximum absolute atomic E-state index is 13.0.